The fourth-order valence-corrected chi connectivity index (χ4v) is 5.21. The first-order valence-electron chi connectivity index (χ1n) is 13.4. The van der Waals surface area contributed by atoms with Crippen LogP contribution in [0.4, 0.5) is 17.1 Å². The molecule has 0 spiro atoms. The summed E-state index contributed by atoms with van der Waals surface area (Å²) in [4.78, 5) is 2.39. The van der Waals surface area contributed by atoms with Gasteiger partial charge in [0.15, 0.2) is 0 Å². The maximum absolute atomic E-state index is 2.39. The first kappa shape index (κ1) is 23.8. The molecule has 0 saturated heterocycles. The first-order valence-corrected chi connectivity index (χ1v) is 13.4. The zero-order valence-electron chi connectivity index (χ0n) is 21.7. The number of benzene rings is 5. The Morgan fingerprint density at radius 1 is 0.526 bits per heavy atom. The van der Waals surface area contributed by atoms with Crippen molar-refractivity contribution in [1.29, 1.82) is 0 Å². The van der Waals surface area contributed by atoms with Crippen LogP contribution in [0.1, 0.15) is 24.0 Å². The Kier molecular flexibility index (Phi) is 6.74. The molecule has 1 heteroatoms. The number of nitrogens with zero attached hydrogens (tertiary/aromatic N) is 1. The Bertz CT molecular complexity index is 1590. The smallest absolute Gasteiger partial charge is 0.0540 e. The summed E-state index contributed by atoms with van der Waals surface area (Å²) in [6.07, 6.45) is 9.08. The van der Waals surface area contributed by atoms with Gasteiger partial charge in [0.05, 0.1) is 5.69 Å². The van der Waals surface area contributed by atoms with Crippen molar-refractivity contribution in [3.63, 3.8) is 0 Å². The number of hydrogen-bond donors (Lipinski definition) is 0. The van der Waals surface area contributed by atoms with Crippen molar-refractivity contribution in [3.8, 4) is 22.3 Å². The van der Waals surface area contributed by atoms with E-state index < -0.39 is 0 Å². The molecular weight excluding hydrogens is 458 g/mol. The molecule has 38 heavy (non-hydrogen) atoms. The molecule has 0 aromatic heterocycles. The quantitative estimate of drug-likeness (QED) is 0.229. The lowest BCUT2D eigenvalue weighted by Gasteiger charge is -2.29. The number of aryl methyl sites for hydroxylation is 1. The van der Waals surface area contributed by atoms with E-state index in [1.165, 1.54) is 39.0 Å². The summed E-state index contributed by atoms with van der Waals surface area (Å²) in [6.45, 7) is 2.16. The van der Waals surface area contributed by atoms with Crippen LogP contribution >= 0.6 is 0 Å². The van der Waals surface area contributed by atoms with Crippen LogP contribution in [0, 0.1) is 6.92 Å². The minimum Gasteiger partial charge on any atom is -0.310 e. The minimum atomic E-state index is 1.11. The molecule has 0 fully saturated rings. The summed E-state index contributed by atoms with van der Waals surface area (Å²) in [5, 5.41) is 0. The molecule has 0 radical (unpaired) electrons. The SMILES string of the molecule is Cc1cccc(N(c2ccc(C3=CCCC=C3)cc2)c2ccc(-c3ccccc3)cc2-c2ccccc2)c1. The average Bonchev–Trinajstić information content (AvgIpc) is 2.99. The Balaban J connectivity index is 1.52. The summed E-state index contributed by atoms with van der Waals surface area (Å²) in [6, 6.07) is 45.9. The van der Waals surface area contributed by atoms with Crippen molar-refractivity contribution in [2.45, 2.75) is 19.8 Å². The van der Waals surface area contributed by atoms with Gasteiger partial charge in [-0.3, -0.25) is 0 Å². The summed E-state index contributed by atoms with van der Waals surface area (Å²) >= 11 is 0. The predicted molar refractivity (Wildman–Crippen MR) is 163 cm³/mol. The first-order chi connectivity index (χ1) is 18.8. The molecule has 1 aliphatic carbocycles. The molecule has 5 aromatic rings. The van der Waals surface area contributed by atoms with Gasteiger partial charge in [-0.2, -0.15) is 0 Å². The van der Waals surface area contributed by atoms with Gasteiger partial charge in [0.25, 0.3) is 0 Å². The van der Waals surface area contributed by atoms with Crippen LogP contribution in [0.25, 0.3) is 27.8 Å². The lowest BCUT2D eigenvalue weighted by Crippen LogP contribution is -2.11. The molecule has 0 saturated carbocycles. The van der Waals surface area contributed by atoms with Crippen molar-refractivity contribution in [2.75, 3.05) is 4.90 Å². The van der Waals surface area contributed by atoms with E-state index in [1.807, 2.05) is 0 Å². The molecule has 1 nitrogen and oxygen atoms in total. The molecule has 0 unspecified atom stereocenters. The molecule has 0 heterocycles. The highest BCUT2D eigenvalue weighted by Gasteiger charge is 2.18. The summed E-state index contributed by atoms with van der Waals surface area (Å²) in [7, 11) is 0. The number of hydrogen-bond acceptors (Lipinski definition) is 1. The summed E-state index contributed by atoms with van der Waals surface area (Å²) in [5.41, 5.74) is 12.1. The Morgan fingerprint density at radius 2 is 1.24 bits per heavy atom. The average molecular weight is 490 g/mol. The van der Waals surface area contributed by atoms with Crippen molar-refractivity contribution >= 4 is 22.6 Å². The van der Waals surface area contributed by atoms with E-state index in [2.05, 4.69) is 157 Å². The van der Waals surface area contributed by atoms with Gasteiger partial charge in [0.1, 0.15) is 0 Å². The fraction of sp³-hybridized carbons (Fsp3) is 0.0811. The molecule has 1 aliphatic rings. The van der Waals surface area contributed by atoms with Gasteiger partial charge in [0, 0.05) is 16.9 Å². The van der Waals surface area contributed by atoms with E-state index in [0.717, 1.165) is 29.9 Å². The summed E-state index contributed by atoms with van der Waals surface area (Å²) < 4.78 is 0. The Hall–Kier alpha value is -4.62. The van der Waals surface area contributed by atoms with E-state index in [-0.39, 0.29) is 0 Å². The second-order valence-corrected chi connectivity index (χ2v) is 9.82. The van der Waals surface area contributed by atoms with Crippen molar-refractivity contribution in [3.05, 3.63) is 157 Å². The monoisotopic (exact) mass is 489 g/mol. The van der Waals surface area contributed by atoms with Crippen LogP contribution in [-0.4, -0.2) is 0 Å². The van der Waals surface area contributed by atoms with Gasteiger partial charge in [-0.1, -0.05) is 109 Å². The van der Waals surface area contributed by atoms with Gasteiger partial charge in [-0.05, 0) is 89.6 Å². The third-order valence-corrected chi connectivity index (χ3v) is 7.14. The zero-order chi connectivity index (χ0) is 25.7. The van der Waals surface area contributed by atoms with Gasteiger partial charge < -0.3 is 4.90 Å². The second-order valence-electron chi connectivity index (χ2n) is 9.82. The Morgan fingerprint density at radius 3 is 1.92 bits per heavy atom. The third kappa shape index (κ3) is 4.96. The van der Waals surface area contributed by atoms with E-state index >= 15 is 0 Å². The van der Waals surface area contributed by atoms with Gasteiger partial charge in [-0.25, -0.2) is 0 Å². The normalized spacial score (nSPS) is 12.7. The lowest BCUT2D eigenvalue weighted by molar-refractivity contribution is 1.04. The molecule has 0 aliphatic heterocycles. The zero-order valence-corrected chi connectivity index (χ0v) is 21.7. The highest BCUT2D eigenvalue weighted by atomic mass is 15.1. The van der Waals surface area contributed by atoms with Crippen molar-refractivity contribution in [1.82, 2.24) is 0 Å². The third-order valence-electron chi connectivity index (χ3n) is 7.14. The second kappa shape index (κ2) is 10.8. The highest BCUT2D eigenvalue weighted by molar-refractivity contribution is 5.91. The number of rotatable bonds is 6. The largest absolute Gasteiger partial charge is 0.310 e. The Labute approximate surface area is 226 Å². The molecule has 0 N–H and O–H groups in total. The summed E-state index contributed by atoms with van der Waals surface area (Å²) in [5.74, 6) is 0. The van der Waals surface area contributed by atoms with Crippen LogP contribution in [0.3, 0.4) is 0 Å². The van der Waals surface area contributed by atoms with Crippen LogP contribution in [0.15, 0.2) is 146 Å². The lowest BCUT2D eigenvalue weighted by atomic mass is 9.95. The van der Waals surface area contributed by atoms with Crippen molar-refractivity contribution < 1.29 is 0 Å². The highest BCUT2D eigenvalue weighted by Crippen LogP contribution is 2.43. The van der Waals surface area contributed by atoms with Gasteiger partial charge in [0.2, 0.25) is 0 Å². The van der Waals surface area contributed by atoms with Gasteiger partial charge >= 0.3 is 0 Å². The molecule has 0 atom stereocenters. The number of allylic oxidation sites excluding steroid dienone is 4. The van der Waals surface area contributed by atoms with Crippen LogP contribution < -0.4 is 4.90 Å². The topological polar surface area (TPSA) is 3.24 Å². The molecule has 184 valence electrons. The minimum absolute atomic E-state index is 1.11. The van der Waals surface area contributed by atoms with E-state index in [0.29, 0.717) is 0 Å². The molecular formula is C37H31N. The number of anilines is 3. The maximum atomic E-state index is 2.39. The molecule has 5 aromatic carbocycles. The standard InChI is InChI=1S/C37H31N/c1-28-12-11-19-35(26-28)38(34-23-20-31(21-24-34)29-13-5-2-6-14-29)37-25-22-33(30-15-7-3-8-16-30)27-36(37)32-17-9-4-10-18-32/h3-5,7-27H,2,6H2,1H3. The molecule has 0 bridgehead atoms. The van der Waals surface area contributed by atoms with Crippen molar-refractivity contribution in [2.24, 2.45) is 0 Å². The van der Waals surface area contributed by atoms with E-state index in [9.17, 15) is 0 Å². The molecule has 0 amide bonds. The van der Waals surface area contributed by atoms with Crippen LogP contribution in [0.2, 0.25) is 0 Å². The fourth-order valence-electron chi connectivity index (χ4n) is 5.21. The van der Waals surface area contributed by atoms with Gasteiger partial charge in [-0.15, -0.1) is 0 Å². The van der Waals surface area contributed by atoms with E-state index in [1.54, 1.807) is 0 Å². The van der Waals surface area contributed by atoms with Crippen LogP contribution in [0.5, 0.6) is 0 Å². The van der Waals surface area contributed by atoms with E-state index in [4.69, 9.17) is 0 Å². The molecule has 6 rings (SSSR count). The maximum Gasteiger partial charge on any atom is 0.0540 e. The predicted octanol–water partition coefficient (Wildman–Crippen LogP) is 10.5. The van der Waals surface area contributed by atoms with Crippen LogP contribution in [-0.2, 0) is 0 Å².